The van der Waals surface area contributed by atoms with Crippen molar-refractivity contribution in [3.8, 4) is 6.07 Å². The van der Waals surface area contributed by atoms with E-state index in [9.17, 15) is 4.79 Å². The molecule has 3 rings (SSSR count). The number of thiazole rings is 1. The van der Waals surface area contributed by atoms with E-state index in [0.717, 1.165) is 21.2 Å². The normalized spacial score (nSPS) is 10.3. The number of aryl methyl sites for hydroxylation is 1. The van der Waals surface area contributed by atoms with Crippen molar-refractivity contribution in [2.45, 2.75) is 24.2 Å². The lowest BCUT2D eigenvalue weighted by atomic mass is 10.1. The number of esters is 1. The van der Waals surface area contributed by atoms with Gasteiger partial charge in [-0.05, 0) is 36.8 Å². The van der Waals surface area contributed by atoms with E-state index in [1.807, 2.05) is 36.6 Å². The molecule has 26 heavy (non-hydrogen) atoms. The number of nitrogens with zero attached hydrogens (tertiary/aromatic N) is 2. The molecule has 4 nitrogen and oxygen atoms in total. The van der Waals surface area contributed by atoms with Gasteiger partial charge >= 0.3 is 5.97 Å². The Balaban J connectivity index is 1.66. The molecule has 0 spiro atoms. The van der Waals surface area contributed by atoms with Gasteiger partial charge in [0.05, 0.1) is 27.9 Å². The third-order valence-electron chi connectivity index (χ3n) is 3.58. The van der Waals surface area contributed by atoms with E-state index in [1.54, 1.807) is 47.4 Å². The van der Waals surface area contributed by atoms with Crippen LogP contribution < -0.4 is 0 Å². The molecule has 6 heteroatoms. The summed E-state index contributed by atoms with van der Waals surface area (Å²) in [5.41, 5.74) is 2.89. The van der Waals surface area contributed by atoms with Crippen molar-refractivity contribution in [2.24, 2.45) is 0 Å². The topological polar surface area (TPSA) is 63.0 Å². The molecule has 0 fully saturated rings. The largest absolute Gasteiger partial charge is 0.457 e. The van der Waals surface area contributed by atoms with Crippen molar-refractivity contribution in [3.05, 3.63) is 81.3 Å². The Morgan fingerprint density at radius 1 is 1.27 bits per heavy atom. The number of carbonyl (C=O) groups excluding carboxylic acids is 1. The van der Waals surface area contributed by atoms with Gasteiger partial charge in [-0.1, -0.05) is 24.3 Å². The van der Waals surface area contributed by atoms with Gasteiger partial charge in [0.1, 0.15) is 6.61 Å². The van der Waals surface area contributed by atoms with Crippen LogP contribution >= 0.6 is 23.1 Å². The lowest BCUT2D eigenvalue weighted by molar-refractivity contribution is 0.0468. The molecule has 0 saturated carbocycles. The van der Waals surface area contributed by atoms with Gasteiger partial charge in [0.25, 0.3) is 0 Å². The molecule has 0 aliphatic carbocycles. The fraction of sp³-hybridized carbons (Fsp3) is 0.150. The SMILES string of the molecule is Cc1nc(CSc2ccccc2C(=O)OCc2cccc(C#N)c2)cs1. The van der Waals surface area contributed by atoms with Crippen LogP contribution in [0, 0.1) is 18.3 Å². The number of benzene rings is 2. The van der Waals surface area contributed by atoms with Gasteiger partial charge in [0.2, 0.25) is 0 Å². The molecule has 0 aliphatic heterocycles. The second-order valence-corrected chi connectivity index (χ2v) is 7.61. The van der Waals surface area contributed by atoms with E-state index in [2.05, 4.69) is 11.1 Å². The second-order valence-electron chi connectivity index (χ2n) is 5.53. The molecule has 0 radical (unpaired) electrons. The summed E-state index contributed by atoms with van der Waals surface area (Å²) < 4.78 is 5.44. The third-order valence-corrected chi connectivity index (χ3v) is 5.50. The summed E-state index contributed by atoms with van der Waals surface area (Å²) in [4.78, 5) is 17.8. The van der Waals surface area contributed by atoms with Gasteiger partial charge in [-0.15, -0.1) is 23.1 Å². The molecule has 2 aromatic carbocycles. The van der Waals surface area contributed by atoms with Crippen molar-refractivity contribution in [1.82, 2.24) is 4.98 Å². The zero-order valence-corrected chi connectivity index (χ0v) is 15.8. The lowest BCUT2D eigenvalue weighted by Crippen LogP contribution is -2.06. The van der Waals surface area contributed by atoms with Crippen LogP contribution in [0.25, 0.3) is 0 Å². The van der Waals surface area contributed by atoms with Crippen molar-refractivity contribution in [2.75, 3.05) is 0 Å². The third kappa shape index (κ3) is 4.72. The van der Waals surface area contributed by atoms with Crippen LogP contribution in [0.3, 0.4) is 0 Å². The number of carbonyl (C=O) groups is 1. The number of thioether (sulfide) groups is 1. The highest BCUT2D eigenvalue weighted by Gasteiger charge is 2.13. The Hall–Kier alpha value is -2.62. The Kier molecular flexibility index (Phi) is 6.05. The summed E-state index contributed by atoms with van der Waals surface area (Å²) in [6, 6.07) is 16.5. The maximum Gasteiger partial charge on any atom is 0.339 e. The molecule has 0 bridgehead atoms. The number of aromatic nitrogens is 1. The Bertz CT molecular complexity index is 960. The summed E-state index contributed by atoms with van der Waals surface area (Å²) in [5.74, 6) is 0.337. The Morgan fingerprint density at radius 3 is 2.88 bits per heavy atom. The second kappa shape index (κ2) is 8.65. The highest BCUT2D eigenvalue weighted by Crippen LogP contribution is 2.27. The number of hydrogen-bond donors (Lipinski definition) is 0. The lowest BCUT2D eigenvalue weighted by Gasteiger charge is -2.09. The maximum atomic E-state index is 12.5. The predicted molar refractivity (Wildman–Crippen MR) is 103 cm³/mol. The first kappa shape index (κ1) is 18.2. The quantitative estimate of drug-likeness (QED) is 0.446. The number of ether oxygens (including phenoxy) is 1. The van der Waals surface area contributed by atoms with Crippen LogP contribution in [0.4, 0.5) is 0 Å². The molecule has 0 atom stereocenters. The first-order valence-electron chi connectivity index (χ1n) is 7.94. The van der Waals surface area contributed by atoms with Gasteiger partial charge in [-0.3, -0.25) is 0 Å². The van der Waals surface area contributed by atoms with Crippen LogP contribution in [0.1, 0.15) is 32.2 Å². The van der Waals surface area contributed by atoms with Gasteiger partial charge in [-0.25, -0.2) is 9.78 Å². The summed E-state index contributed by atoms with van der Waals surface area (Å²) in [6.07, 6.45) is 0. The predicted octanol–water partition coefficient (Wildman–Crippen LogP) is 4.97. The summed E-state index contributed by atoms with van der Waals surface area (Å²) >= 11 is 3.19. The van der Waals surface area contributed by atoms with E-state index in [-0.39, 0.29) is 12.6 Å². The van der Waals surface area contributed by atoms with Gasteiger partial charge < -0.3 is 4.74 Å². The monoisotopic (exact) mass is 380 g/mol. The number of hydrogen-bond acceptors (Lipinski definition) is 6. The molecule has 1 heterocycles. The van der Waals surface area contributed by atoms with E-state index in [4.69, 9.17) is 10.00 Å². The average molecular weight is 380 g/mol. The fourth-order valence-electron chi connectivity index (χ4n) is 2.34. The molecule has 0 amide bonds. The van der Waals surface area contributed by atoms with E-state index < -0.39 is 0 Å². The molecular formula is C20H16N2O2S2. The molecule has 0 N–H and O–H groups in total. The van der Waals surface area contributed by atoms with Crippen LogP contribution in [0.15, 0.2) is 58.8 Å². The molecular weight excluding hydrogens is 364 g/mol. The maximum absolute atomic E-state index is 12.5. The molecule has 130 valence electrons. The average Bonchev–Trinajstić information content (AvgIpc) is 3.10. The van der Waals surface area contributed by atoms with Crippen LogP contribution in [-0.4, -0.2) is 11.0 Å². The van der Waals surface area contributed by atoms with Crippen molar-refractivity contribution in [3.63, 3.8) is 0 Å². The van der Waals surface area contributed by atoms with Crippen molar-refractivity contribution < 1.29 is 9.53 Å². The Morgan fingerprint density at radius 2 is 2.12 bits per heavy atom. The fourth-order valence-corrected chi connectivity index (χ4v) is 4.00. The van der Waals surface area contributed by atoms with E-state index in [0.29, 0.717) is 16.9 Å². The van der Waals surface area contributed by atoms with Crippen molar-refractivity contribution in [1.29, 1.82) is 5.26 Å². The van der Waals surface area contributed by atoms with Gasteiger partial charge in [0, 0.05) is 16.0 Å². The van der Waals surface area contributed by atoms with Crippen LogP contribution in [0.5, 0.6) is 0 Å². The Labute approximate surface area is 160 Å². The van der Waals surface area contributed by atoms with E-state index in [1.165, 1.54) is 0 Å². The minimum absolute atomic E-state index is 0.138. The van der Waals surface area contributed by atoms with Gasteiger partial charge in [0.15, 0.2) is 0 Å². The molecule has 0 unspecified atom stereocenters. The minimum Gasteiger partial charge on any atom is -0.457 e. The highest BCUT2D eigenvalue weighted by molar-refractivity contribution is 7.98. The number of nitriles is 1. The highest BCUT2D eigenvalue weighted by atomic mass is 32.2. The minimum atomic E-state index is -0.370. The molecule has 0 saturated heterocycles. The van der Waals surface area contributed by atoms with Gasteiger partial charge in [-0.2, -0.15) is 5.26 Å². The van der Waals surface area contributed by atoms with E-state index >= 15 is 0 Å². The zero-order valence-electron chi connectivity index (χ0n) is 14.1. The zero-order chi connectivity index (χ0) is 18.4. The molecule has 0 aliphatic rings. The standard InChI is InChI=1S/C20H16N2O2S2/c1-14-22-17(12-25-14)13-26-19-8-3-2-7-18(19)20(23)24-11-16-6-4-5-15(9-16)10-21/h2-9,12H,11,13H2,1H3. The summed E-state index contributed by atoms with van der Waals surface area (Å²) in [6.45, 7) is 2.12. The number of rotatable bonds is 6. The van der Waals surface area contributed by atoms with Crippen LogP contribution in [0.2, 0.25) is 0 Å². The van der Waals surface area contributed by atoms with Crippen molar-refractivity contribution >= 4 is 29.1 Å². The summed E-state index contributed by atoms with van der Waals surface area (Å²) in [5, 5.41) is 12.0. The smallest absolute Gasteiger partial charge is 0.339 e. The molecule has 3 aromatic rings. The molecule has 1 aromatic heterocycles. The van der Waals surface area contributed by atoms with Crippen LogP contribution in [-0.2, 0) is 17.1 Å². The summed E-state index contributed by atoms with van der Waals surface area (Å²) in [7, 11) is 0. The first-order valence-corrected chi connectivity index (χ1v) is 9.81. The first-order chi connectivity index (χ1) is 12.7.